The average molecular weight is 487 g/mol. The number of rotatable bonds is 5. The number of para-hydroxylation sites is 4. The summed E-state index contributed by atoms with van der Waals surface area (Å²) in [5.74, 6) is 0. The van der Waals surface area contributed by atoms with Gasteiger partial charge in [-0.15, -0.1) is 0 Å². The number of aromatic nitrogens is 1. The second-order valence-electron chi connectivity index (χ2n) is 9.53. The lowest BCUT2D eigenvalue weighted by atomic mass is 9.98. The van der Waals surface area contributed by atoms with Crippen LogP contribution in [0, 0.1) is 0 Å². The minimum atomic E-state index is 1.13. The standard InChI is InChI=1S/C36H26N2/c1-3-10-29(11-4-1)38(30-12-5-2-6-13-30)31-24-22-27(23-25-31)26-18-20-28(21-19-26)32-15-9-16-34-33-14-7-8-17-35(33)37-36(32)34/h1-25,37H. The Labute approximate surface area is 222 Å². The third-order valence-corrected chi connectivity index (χ3v) is 7.22. The van der Waals surface area contributed by atoms with Gasteiger partial charge in [0.15, 0.2) is 0 Å². The van der Waals surface area contributed by atoms with Crippen LogP contribution in [0.15, 0.2) is 152 Å². The van der Waals surface area contributed by atoms with E-state index in [1.54, 1.807) is 0 Å². The summed E-state index contributed by atoms with van der Waals surface area (Å²) in [5, 5.41) is 2.53. The Hall–Kier alpha value is -5.08. The van der Waals surface area contributed by atoms with Crippen LogP contribution >= 0.6 is 0 Å². The van der Waals surface area contributed by atoms with Crippen molar-refractivity contribution in [2.24, 2.45) is 0 Å². The highest BCUT2D eigenvalue weighted by Gasteiger charge is 2.13. The van der Waals surface area contributed by atoms with Crippen molar-refractivity contribution in [1.29, 1.82) is 0 Å². The van der Waals surface area contributed by atoms with Gasteiger partial charge in [0.1, 0.15) is 0 Å². The van der Waals surface area contributed by atoms with Crippen LogP contribution < -0.4 is 4.90 Å². The van der Waals surface area contributed by atoms with Crippen LogP contribution in [0.25, 0.3) is 44.1 Å². The number of anilines is 3. The Balaban J connectivity index is 1.22. The van der Waals surface area contributed by atoms with Crippen LogP contribution in [0.2, 0.25) is 0 Å². The molecular weight excluding hydrogens is 460 g/mol. The van der Waals surface area contributed by atoms with Crippen LogP contribution in [0.3, 0.4) is 0 Å². The summed E-state index contributed by atoms with van der Waals surface area (Å²) in [5.41, 5.74) is 10.6. The summed E-state index contributed by atoms with van der Waals surface area (Å²) in [6, 6.07) is 53.8. The minimum Gasteiger partial charge on any atom is -0.354 e. The molecule has 2 heteroatoms. The predicted molar refractivity (Wildman–Crippen MR) is 161 cm³/mol. The summed E-state index contributed by atoms with van der Waals surface area (Å²) >= 11 is 0. The van der Waals surface area contributed by atoms with Gasteiger partial charge >= 0.3 is 0 Å². The van der Waals surface area contributed by atoms with E-state index >= 15 is 0 Å². The molecular formula is C36H26N2. The molecule has 0 saturated carbocycles. The molecule has 0 fully saturated rings. The normalized spacial score (nSPS) is 11.2. The molecule has 0 bridgehead atoms. The molecule has 7 rings (SSSR count). The summed E-state index contributed by atoms with van der Waals surface area (Å²) in [7, 11) is 0. The molecule has 38 heavy (non-hydrogen) atoms. The largest absolute Gasteiger partial charge is 0.354 e. The first kappa shape index (κ1) is 22.1. The van der Waals surface area contributed by atoms with Crippen LogP contribution in [-0.2, 0) is 0 Å². The third kappa shape index (κ3) is 3.93. The molecule has 0 aliphatic carbocycles. The second kappa shape index (κ2) is 9.42. The van der Waals surface area contributed by atoms with E-state index in [-0.39, 0.29) is 0 Å². The van der Waals surface area contributed by atoms with Crippen molar-refractivity contribution in [1.82, 2.24) is 4.98 Å². The molecule has 0 amide bonds. The molecule has 6 aromatic carbocycles. The highest BCUT2D eigenvalue weighted by Crippen LogP contribution is 2.36. The molecule has 0 aliphatic rings. The van der Waals surface area contributed by atoms with Crippen molar-refractivity contribution >= 4 is 38.9 Å². The van der Waals surface area contributed by atoms with Crippen molar-refractivity contribution in [2.75, 3.05) is 4.90 Å². The van der Waals surface area contributed by atoms with Gasteiger partial charge in [0.2, 0.25) is 0 Å². The predicted octanol–water partition coefficient (Wildman–Crippen LogP) is 10.1. The van der Waals surface area contributed by atoms with Crippen molar-refractivity contribution in [3.05, 3.63) is 152 Å². The zero-order valence-electron chi connectivity index (χ0n) is 20.9. The quantitative estimate of drug-likeness (QED) is 0.256. The number of aromatic amines is 1. The average Bonchev–Trinajstić information content (AvgIpc) is 3.38. The van der Waals surface area contributed by atoms with E-state index in [2.05, 4.69) is 162 Å². The van der Waals surface area contributed by atoms with E-state index in [0.717, 1.165) is 17.1 Å². The Kier molecular flexibility index (Phi) is 5.49. The highest BCUT2D eigenvalue weighted by atomic mass is 15.1. The molecule has 0 spiro atoms. The lowest BCUT2D eigenvalue weighted by molar-refractivity contribution is 1.28. The summed E-state index contributed by atoms with van der Waals surface area (Å²) in [6.07, 6.45) is 0. The number of nitrogens with zero attached hydrogens (tertiary/aromatic N) is 1. The maximum Gasteiger partial charge on any atom is 0.0544 e. The van der Waals surface area contributed by atoms with Gasteiger partial charge in [-0.1, -0.05) is 109 Å². The number of H-pyrrole nitrogens is 1. The minimum absolute atomic E-state index is 1.13. The molecule has 1 aromatic heterocycles. The fourth-order valence-electron chi connectivity index (χ4n) is 5.36. The van der Waals surface area contributed by atoms with Gasteiger partial charge in [-0.25, -0.2) is 0 Å². The van der Waals surface area contributed by atoms with E-state index in [1.807, 2.05) is 0 Å². The Bertz CT molecular complexity index is 1790. The first-order valence-corrected chi connectivity index (χ1v) is 13.0. The fraction of sp³-hybridized carbons (Fsp3) is 0. The zero-order valence-corrected chi connectivity index (χ0v) is 20.9. The second-order valence-corrected chi connectivity index (χ2v) is 9.53. The van der Waals surface area contributed by atoms with E-state index in [0.29, 0.717) is 0 Å². The SMILES string of the molecule is c1ccc(N(c2ccccc2)c2ccc(-c3ccc(-c4cccc5c4[nH]c4ccccc45)cc3)cc2)cc1. The van der Waals surface area contributed by atoms with E-state index in [9.17, 15) is 0 Å². The number of fused-ring (bicyclic) bond motifs is 3. The monoisotopic (exact) mass is 486 g/mol. The first-order valence-electron chi connectivity index (χ1n) is 13.0. The van der Waals surface area contributed by atoms with Crippen LogP contribution in [0.1, 0.15) is 0 Å². The molecule has 1 heterocycles. The van der Waals surface area contributed by atoms with Gasteiger partial charge in [-0.2, -0.15) is 0 Å². The molecule has 2 nitrogen and oxygen atoms in total. The maximum atomic E-state index is 3.63. The van der Waals surface area contributed by atoms with Crippen molar-refractivity contribution in [3.63, 3.8) is 0 Å². The molecule has 0 unspecified atom stereocenters. The van der Waals surface area contributed by atoms with Crippen LogP contribution in [-0.4, -0.2) is 4.98 Å². The molecule has 0 atom stereocenters. The van der Waals surface area contributed by atoms with Gasteiger partial charge in [0.05, 0.1) is 5.52 Å². The highest BCUT2D eigenvalue weighted by molar-refractivity contribution is 6.11. The van der Waals surface area contributed by atoms with Gasteiger partial charge in [-0.3, -0.25) is 0 Å². The molecule has 0 radical (unpaired) electrons. The number of nitrogens with one attached hydrogen (secondary N) is 1. The fourth-order valence-corrected chi connectivity index (χ4v) is 5.36. The Morgan fingerprint density at radius 2 is 0.868 bits per heavy atom. The van der Waals surface area contributed by atoms with Gasteiger partial charge in [-0.05, 0) is 59.2 Å². The molecule has 0 aliphatic heterocycles. The van der Waals surface area contributed by atoms with Gasteiger partial charge in [0.25, 0.3) is 0 Å². The smallest absolute Gasteiger partial charge is 0.0544 e. The summed E-state index contributed by atoms with van der Waals surface area (Å²) < 4.78 is 0. The lowest BCUT2D eigenvalue weighted by Crippen LogP contribution is -2.09. The number of hydrogen-bond acceptors (Lipinski definition) is 1. The lowest BCUT2D eigenvalue weighted by Gasteiger charge is -2.25. The van der Waals surface area contributed by atoms with E-state index < -0.39 is 0 Å². The van der Waals surface area contributed by atoms with Crippen molar-refractivity contribution in [2.45, 2.75) is 0 Å². The molecule has 0 saturated heterocycles. The first-order chi connectivity index (χ1) is 18.8. The van der Waals surface area contributed by atoms with Gasteiger partial charge < -0.3 is 9.88 Å². The summed E-state index contributed by atoms with van der Waals surface area (Å²) in [4.78, 5) is 5.92. The topological polar surface area (TPSA) is 19.0 Å². The zero-order chi connectivity index (χ0) is 25.3. The van der Waals surface area contributed by atoms with Crippen LogP contribution in [0.5, 0.6) is 0 Å². The molecule has 180 valence electrons. The third-order valence-electron chi connectivity index (χ3n) is 7.22. The molecule has 7 aromatic rings. The van der Waals surface area contributed by atoms with Crippen molar-refractivity contribution in [3.8, 4) is 22.3 Å². The van der Waals surface area contributed by atoms with E-state index in [1.165, 1.54) is 44.1 Å². The molecule has 1 N–H and O–H groups in total. The Morgan fingerprint density at radius 3 is 1.53 bits per heavy atom. The van der Waals surface area contributed by atoms with Gasteiger partial charge in [0, 0.05) is 38.9 Å². The summed E-state index contributed by atoms with van der Waals surface area (Å²) in [6.45, 7) is 0. The number of benzene rings is 6. The Morgan fingerprint density at radius 1 is 0.368 bits per heavy atom. The van der Waals surface area contributed by atoms with E-state index in [4.69, 9.17) is 0 Å². The van der Waals surface area contributed by atoms with Crippen LogP contribution in [0.4, 0.5) is 17.1 Å². The van der Waals surface area contributed by atoms with Crippen molar-refractivity contribution < 1.29 is 0 Å². The maximum absolute atomic E-state index is 3.63. The number of hydrogen-bond donors (Lipinski definition) is 1.